The topological polar surface area (TPSA) is 25.8 Å². The number of aromatic nitrogens is 2. The number of hydrogen-bond donors (Lipinski definition) is 0. The second-order valence-electron chi connectivity index (χ2n) is 15.8. The molecule has 2 heterocycles. The summed E-state index contributed by atoms with van der Waals surface area (Å²) in [4.78, 5) is 9.36. The Labute approximate surface area is 311 Å². The third-order valence-electron chi connectivity index (χ3n) is 9.95. The molecule has 1 radical (unpaired) electrons. The van der Waals surface area contributed by atoms with E-state index in [0.717, 1.165) is 22.5 Å². The molecule has 50 heavy (non-hydrogen) atoms. The van der Waals surface area contributed by atoms with Crippen molar-refractivity contribution in [3.63, 3.8) is 0 Å². The maximum absolute atomic E-state index is 4.97. The van der Waals surface area contributed by atoms with Gasteiger partial charge in [0.1, 0.15) is 0 Å². The van der Waals surface area contributed by atoms with Crippen LogP contribution in [0.1, 0.15) is 77.6 Å². The monoisotopic (exact) mass is 829 g/mol. The number of nitrogens with zero attached hydrogens (tertiary/aromatic N) is 2. The van der Waals surface area contributed by atoms with Crippen LogP contribution in [0.2, 0.25) is 0 Å². The van der Waals surface area contributed by atoms with Crippen LogP contribution in [0.3, 0.4) is 0 Å². The zero-order valence-electron chi connectivity index (χ0n) is 30.3. The molecule has 0 saturated carbocycles. The van der Waals surface area contributed by atoms with E-state index in [-0.39, 0.29) is 36.4 Å². The van der Waals surface area contributed by atoms with Crippen molar-refractivity contribution in [2.75, 3.05) is 0 Å². The second-order valence-corrected chi connectivity index (χ2v) is 15.8. The molecule has 0 fully saturated rings. The molecule has 0 spiro atoms. The molecule has 8 rings (SSSR count). The number of hydrogen-bond acceptors (Lipinski definition) is 2. The van der Waals surface area contributed by atoms with Gasteiger partial charge in [0.15, 0.2) is 0 Å². The molecular weight excluding hydrogens is 785 g/mol. The molecule has 2 aromatic heterocycles. The zero-order valence-corrected chi connectivity index (χ0v) is 32.7. The Hall–Kier alpha value is -4.43. The first-order valence-corrected chi connectivity index (χ1v) is 17.2. The van der Waals surface area contributed by atoms with Crippen LogP contribution in [0.25, 0.3) is 55.2 Å². The Balaban J connectivity index is 0.000000215. The fourth-order valence-corrected chi connectivity index (χ4v) is 7.28. The summed E-state index contributed by atoms with van der Waals surface area (Å²) in [5, 5.41) is 5.08. The molecule has 5 aromatic carbocycles. The van der Waals surface area contributed by atoms with Crippen LogP contribution in [-0.2, 0) is 36.4 Å². The SMILES string of the molecule is CC(C)(C)c1ccc2c(-c3nccc4c3C(C)(C)c3c-4ccc4ccccc34)[c-]ccc2c1.CC(C)(C)c1ccnc(-c2[c-]cccc2)c1.[Ir]. The molecule has 0 saturated heterocycles. The van der Waals surface area contributed by atoms with Crippen LogP contribution in [0.4, 0.5) is 0 Å². The van der Waals surface area contributed by atoms with Crippen LogP contribution < -0.4 is 0 Å². The summed E-state index contributed by atoms with van der Waals surface area (Å²) in [6.45, 7) is 18.1. The van der Waals surface area contributed by atoms with Crippen LogP contribution >= 0.6 is 0 Å². The average Bonchev–Trinajstić information content (AvgIpc) is 3.34. The Morgan fingerprint density at radius 3 is 2.00 bits per heavy atom. The summed E-state index contributed by atoms with van der Waals surface area (Å²) in [5.41, 5.74) is 12.3. The number of fused-ring (bicyclic) bond motifs is 6. The minimum atomic E-state index is -0.156. The van der Waals surface area contributed by atoms with E-state index in [0.29, 0.717) is 0 Å². The van der Waals surface area contributed by atoms with Gasteiger partial charge >= 0.3 is 0 Å². The molecule has 0 unspecified atom stereocenters. The number of pyridine rings is 2. The molecule has 253 valence electrons. The predicted molar refractivity (Wildman–Crippen MR) is 207 cm³/mol. The van der Waals surface area contributed by atoms with Crippen molar-refractivity contribution in [2.24, 2.45) is 0 Å². The van der Waals surface area contributed by atoms with Crippen molar-refractivity contribution in [3.8, 4) is 33.6 Å². The van der Waals surface area contributed by atoms with E-state index >= 15 is 0 Å². The van der Waals surface area contributed by atoms with Gasteiger partial charge in [0.2, 0.25) is 0 Å². The van der Waals surface area contributed by atoms with Gasteiger partial charge in [-0.3, -0.25) is 0 Å². The van der Waals surface area contributed by atoms with Crippen LogP contribution in [0, 0.1) is 12.1 Å². The van der Waals surface area contributed by atoms with Crippen molar-refractivity contribution in [1.29, 1.82) is 0 Å². The fraction of sp³-hybridized carbons (Fsp3) is 0.234. The summed E-state index contributed by atoms with van der Waals surface area (Å²) in [6, 6.07) is 45.4. The van der Waals surface area contributed by atoms with E-state index in [9.17, 15) is 0 Å². The van der Waals surface area contributed by atoms with E-state index in [1.165, 1.54) is 54.9 Å². The third kappa shape index (κ3) is 6.46. The smallest absolute Gasteiger partial charge is 0.0167 e. The van der Waals surface area contributed by atoms with E-state index in [4.69, 9.17) is 4.98 Å². The molecule has 3 heteroatoms. The quantitative estimate of drug-likeness (QED) is 0.162. The summed E-state index contributed by atoms with van der Waals surface area (Å²) in [7, 11) is 0. The molecule has 0 amide bonds. The minimum Gasteiger partial charge on any atom is -0.305 e. The third-order valence-corrected chi connectivity index (χ3v) is 9.95. The Bertz CT molecular complexity index is 2320. The molecule has 0 N–H and O–H groups in total. The van der Waals surface area contributed by atoms with E-state index in [1.54, 1.807) is 0 Å². The first kappa shape index (κ1) is 35.4. The summed E-state index contributed by atoms with van der Waals surface area (Å²) in [6.07, 6.45) is 3.83. The summed E-state index contributed by atoms with van der Waals surface area (Å²) in [5.74, 6) is 0. The molecule has 1 aliphatic rings. The van der Waals surface area contributed by atoms with Gasteiger partial charge in [-0.05, 0) is 78.5 Å². The second kappa shape index (κ2) is 13.4. The number of benzene rings is 5. The standard InChI is InChI=1S/C32H28N.C15H16N.Ir/c1-31(2,3)22-14-16-23-21(19-22)10-8-12-27(23)30-29-26(17-18-33-30)25-15-13-20-9-6-7-11-24(20)28(25)32(29,4)5;1-15(2,3)13-9-10-16-14(11-13)12-7-5-4-6-8-12;/h6-11,13-19H,1-5H3;4-7,9-11H,1-3H3;/q2*-1;. The molecule has 1 aliphatic carbocycles. The predicted octanol–water partition coefficient (Wildman–Crippen LogP) is 12.3. The van der Waals surface area contributed by atoms with Gasteiger partial charge in [0.25, 0.3) is 0 Å². The average molecular weight is 829 g/mol. The van der Waals surface area contributed by atoms with Gasteiger partial charge in [0.05, 0.1) is 0 Å². The Morgan fingerprint density at radius 2 is 1.26 bits per heavy atom. The van der Waals surface area contributed by atoms with Crippen molar-refractivity contribution < 1.29 is 20.1 Å². The van der Waals surface area contributed by atoms with Crippen molar-refractivity contribution in [3.05, 3.63) is 156 Å². The van der Waals surface area contributed by atoms with Gasteiger partial charge in [-0.15, -0.1) is 65.0 Å². The van der Waals surface area contributed by atoms with Crippen LogP contribution in [0.15, 0.2) is 122 Å². The van der Waals surface area contributed by atoms with Crippen molar-refractivity contribution in [1.82, 2.24) is 9.97 Å². The van der Waals surface area contributed by atoms with E-state index in [2.05, 4.69) is 157 Å². The van der Waals surface area contributed by atoms with Gasteiger partial charge < -0.3 is 9.97 Å². The van der Waals surface area contributed by atoms with Gasteiger partial charge in [-0.2, -0.15) is 0 Å². The normalized spacial score (nSPS) is 13.2. The Kier molecular flexibility index (Phi) is 9.46. The van der Waals surface area contributed by atoms with Gasteiger partial charge in [0, 0.05) is 37.9 Å². The molecule has 0 atom stereocenters. The van der Waals surface area contributed by atoms with Crippen LogP contribution in [0.5, 0.6) is 0 Å². The summed E-state index contributed by atoms with van der Waals surface area (Å²) >= 11 is 0. The van der Waals surface area contributed by atoms with Gasteiger partial charge in [-0.1, -0.05) is 121 Å². The Morgan fingerprint density at radius 1 is 0.560 bits per heavy atom. The molecule has 7 aromatic rings. The number of rotatable bonds is 2. The van der Waals surface area contributed by atoms with Gasteiger partial charge in [-0.25, -0.2) is 0 Å². The van der Waals surface area contributed by atoms with Crippen molar-refractivity contribution >= 4 is 21.5 Å². The maximum Gasteiger partial charge on any atom is 0.0167 e. The summed E-state index contributed by atoms with van der Waals surface area (Å²) < 4.78 is 0. The first-order chi connectivity index (χ1) is 23.3. The van der Waals surface area contributed by atoms with Crippen LogP contribution in [-0.4, -0.2) is 9.97 Å². The largest absolute Gasteiger partial charge is 0.305 e. The molecule has 2 nitrogen and oxygen atoms in total. The zero-order chi connectivity index (χ0) is 34.6. The maximum atomic E-state index is 4.97. The van der Waals surface area contributed by atoms with E-state index in [1.807, 2.05) is 36.7 Å². The first-order valence-electron chi connectivity index (χ1n) is 17.2. The molecule has 0 aliphatic heterocycles. The minimum absolute atomic E-state index is 0. The van der Waals surface area contributed by atoms with E-state index < -0.39 is 0 Å². The van der Waals surface area contributed by atoms with Crippen molar-refractivity contribution in [2.45, 2.75) is 71.6 Å². The fourth-order valence-electron chi connectivity index (χ4n) is 7.28. The molecule has 0 bridgehead atoms. The molecular formula is C47H44IrN2-2.